The van der Waals surface area contributed by atoms with E-state index in [0.29, 0.717) is 31.7 Å². The van der Waals surface area contributed by atoms with Gasteiger partial charge in [-0.1, -0.05) is 0 Å². The van der Waals surface area contributed by atoms with Crippen molar-refractivity contribution in [2.75, 3.05) is 26.9 Å². The Labute approximate surface area is 205 Å². The lowest BCUT2D eigenvalue weighted by Gasteiger charge is -2.38. The molecule has 6 nitrogen and oxygen atoms in total. The van der Waals surface area contributed by atoms with E-state index in [0.717, 1.165) is 12.3 Å². The number of methoxy groups -OCH3 is 1. The third kappa shape index (κ3) is 6.13. The van der Waals surface area contributed by atoms with Crippen molar-refractivity contribution in [3.8, 4) is 0 Å². The van der Waals surface area contributed by atoms with Crippen LogP contribution in [0.25, 0.3) is 0 Å². The van der Waals surface area contributed by atoms with Crippen LogP contribution in [0.2, 0.25) is 0 Å². The van der Waals surface area contributed by atoms with Crippen LogP contribution < -0.4 is 5.32 Å². The first-order valence-electron chi connectivity index (χ1n) is 12.2. The predicted octanol–water partition coefficient (Wildman–Crippen LogP) is 4.26. The van der Waals surface area contributed by atoms with E-state index in [1.165, 1.54) is 4.90 Å². The first-order valence-corrected chi connectivity index (χ1v) is 12.2. The Balaban J connectivity index is 1.51. The Morgan fingerprint density at radius 1 is 1.28 bits per heavy atom. The number of carbonyl (C=O) groups excluding carboxylic acids is 1. The maximum absolute atomic E-state index is 13.7. The van der Waals surface area contributed by atoms with Gasteiger partial charge in [-0.05, 0) is 43.7 Å². The molecular formula is C24H31F6N3O3. The number of rotatable bonds is 6. The third-order valence-electron chi connectivity index (χ3n) is 7.66. The number of nitrogens with zero attached hydrogens (tertiary/aromatic N) is 2. The molecule has 36 heavy (non-hydrogen) atoms. The number of hydrogen-bond acceptors (Lipinski definition) is 5. The topological polar surface area (TPSA) is 63.7 Å². The normalized spacial score (nSPS) is 29.3. The lowest BCUT2D eigenvalue weighted by molar-refractivity contribution is -0.154. The summed E-state index contributed by atoms with van der Waals surface area (Å²) in [6.07, 6.45) is -7.84. The Bertz CT molecular complexity index is 941. The highest BCUT2D eigenvalue weighted by molar-refractivity contribution is 5.83. The molecule has 0 bridgehead atoms. The molecule has 4 rings (SSSR count). The van der Waals surface area contributed by atoms with Gasteiger partial charge in [-0.2, -0.15) is 26.3 Å². The van der Waals surface area contributed by atoms with Crippen molar-refractivity contribution in [1.82, 2.24) is 15.2 Å². The monoisotopic (exact) mass is 523 g/mol. The summed E-state index contributed by atoms with van der Waals surface area (Å²) in [5.41, 5.74) is -1.37. The second-order valence-electron chi connectivity index (χ2n) is 10.1. The van der Waals surface area contributed by atoms with Crippen molar-refractivity contribution in [3.63, 3.8) is 0 Å². The minimum Gasteiger partial charge on any atom is -0.379 e. The molecule has 1 aliphatic carbocycles. The highest BCUT2D eigenvalue weighted by atomic mass is 19.4. The number of aromatic nitrogens is 1. The summed E-state index contributed by atoms with van der Waals surface area (Å²) in [6.45, 7) is 1.08. The van der Waals surface area contributed by atoms with Crippen LogP contribution in [-0.2, 0) is 33.4 Å². The summed E-state index contributed by atoms with van der Waals surface area (Å²) in [5.74, 6) is -0.422. The van der Waals surface area contributed by atoms with E-state index < -0.39 is 35.7 Å². The fourth-order valence-electron chi connectivity index (χ4n) is 5.71. The average Bonchev–Trinajstić information content (AvgIpc) is 3.25. The molecule has 0 radical (unpaired) electrons. The molecule has 4 atom stereocenters. The standard InChI is InChI=1S/C24H31F6N3O3/c1-35-20-14-36-9-4-19(20)32-17-2-5-22(11-17,6-7-23(25,26)27)21(34)33-8-3-18-15(13-33)10-16(12-31-18)24(28,29)30/h10,12,17,19-20,32H,2-9,11,13-14H2,1H3/t17-,19?,20?,22-/m1/s1. The van der Waals surface area contributed by atoms with Crippen LogP contribution in [-0.4, -0.2) is 67.0 Å². The molecule has 2 fully saturated rings. The average molecular weight is 524 g/mol. The Morgan fingerprint density at radius 3 is 2.75 bits per heavy atom. The summed E-state index contributed by atoms with van der Waals surface area (Å²) in [6, 6.07) is 0.786. The Morgan fingerprint density at radius 2 is 2.06 bits per heavy atom. The summed E-state index contributed by atoms with van der Waals surface area (Å²) in [5, 5.41) is 3.48. The first-order chi connectivity index (χ1) is 16.9. The van der Waals surface area contributed by atoms with Gasteiger partial charge in [-0.3, -0.25) is 9.78 Å². The third-order valence-corrected chi connectivity index (χ3v) is 7.66. The van der Waals surface area contributed by atoms with Crippen LogP contribution in [0.5, 0.6) is 0 Å². The number of halogens is 6. The number of carbonyl (C=O) groups is 1. The largest absolute Gasteiger partial charge is 0.417 e. The number of nitrogens with one attached hydrogen (secondary N) is 1. The maximum atomic E-state index is 13.7. The van der Waals surface area contributed by atoms with Crippen LogP contribution in [0.1, 0.15) is 55.3 Å². The van der Waals surface area contributed by atoms with E-state index in [4.69, 9.17) is 9.47 Å². The smallest absolute Gasteiger partial charge is 0.379 e. The SMILES string of the molecule is COC1COCCC1N[C@@H]1CC[C@](CCC(F)(F)F)(C(=O)N2CCc3ncc(C(F)(F)F)cc3C2)C1. The molecule has 1 amide bonds. The fraction of sp³-hybridized carbons (Fsp3) is 0.750. The molecule has 1 aromatic rings. The van der Waals surface area contributed by atoms with Gasteiger partial charge < -0.3 is 19.7 Å². The lowest BCUT2D eigenvalue weighted by atomic mass is 9.79. The van der Waals surface area contributed by atoms with E-state index in [9.17, 15) is 31.1 Å². The molecule has 0 spiro atoms. The summed E-state index contributed by atoms with van der Waals surface area (Å²) >= 11 is 0. The van der Waals surface area contributed by atoms with Crippen LogP contribution >= 0.6 is 0 Å². The van der Waals surface area contributed by atoms with E-state index in [-0.39, 0.29) is 62.5 Å². The van der Waals surface area contributed by atoms with Crippen molar-refractivity contribution < 1.29 is 40.6 Å². The second kappa shape index (κ2) is 10.4. The van der Waals surface area contributed by atoms with Crippen molar-refractivity contribution in [3.05, 3.63) is 29.1 Å². The number of alkyl halides is 6. The van der Waals surface area contributed by atoms with Gasteiger partial charge in [-0.25, -0.2) is 0 Å². The molecule has 0 aromatic carbocycles. The molecular weight excluding hydrogens is 492 g/mol. The van der Waals surface area contributed by atoms with Gasteiger partial charge in [-0.15, -0.1) is 0 Å². The van der Waals surface area contributed by atoms with Gasteiger partial charge >= 0.3 is 12.4 Å². The molecule has 2 unspecified atom stereocenters. The molecule has 2 aliphatic heterocycles. The number of amides is 1. The highest BCUT2D eigenvalue weighted by Gasteiger charge is 2.49. The molecule has 202 valence electrons. The van der Waals surface area contributed by atoms with Crippen LogP contribution in [0.3, 0.4) is 0 Å². The lowest BCUT2D eigenvalue weighted by Crippen LogP contribution is -2.51. The van der Waals surface area contributed by atoms with Gasteiger partial charge in [0.05, 0.1) is 23.7 Å². The molecule has 1 aromatic heterocycles. The van der Waals surface area contributed by atoms with E-state index in [1.54, 1.807) is 7.11 Å². The summed E-state index contributed by atoms with van der Waals surface area (Å²) in [4.78, 5) is 19.1. The minimum atomic E-state index is -4.57. The molecule has 1 saturated carbocycles. The van der Waals surface area contributed by atoms with E-state index in [2.05, 4.69) is 10.3 Å². The predicted molar refractivity (Wildman–Crippen MR) is 117 cm³/mol. The molecule has 1 N–H and O–H groups in total. The maximum Gasteiger partial charge on any atom is 0.417 e. The zero-order valence-electron chi connectivity index (χ0n) is 20.1. The zero-order chi connectivity index (χ0) is 26.1. The number of ether oxygens (including phenoxy) is 2. The van der Waals surface area contributed by atoms with Crippen LogP contribution in [0.4, 0.5) is 26.3 Å². The van der Waals surface area contributed by atoms with Crippen molar-refractivity contribution >= 4 is 5.91 Å². The molecule has 12 heteroatoms. The number of pyridine rings is 1. The Hall–Kier alpha value is -1.92. The first kappa shape index (κ1) is 27.1. The van der Waals surface area contributed by atoms with Crippen molar-refractivity contribution in [2.45, 2.75) is 82.0 Å². The molecule has 1 saturated heterocycles. The summed E-state index contributed by atoms with van der Waals surface area (Å²) < 4.78 is 90.1. The summed E-state index contributed by atoms with van der Waals surface area (Å²) in [7, 11) is 1.58. The van der Waals surface area contributed by atoms with Gasteiger partial charge in [0, 0.05) is 63.6 Å². The van der Waals surface area contributed by atoms with Gasteiger partial charge in [0.2, 0.25) is 5.91 Å². The zero-order valence-corrected chi connectivity index (χ0v) is 20.1. The second-order valence-corrected chi connectivity index (χ2v) is 10.1. The Kier molecular flexibility index (Phi) is 7.87. The number of fused-ring (bicyclic) bond motifs is 1. The minimum absolute atomic E-state index is 0.0315. The molecule has 3 heterocycles. The van der Waals surface area contributed by atoms with Gasteiger partial charge in [0.25, 0.3) is 0 Å². The quantitative estimate of drug-likeness (QED) is 0.565. The van der Waals surface area contributed by atoms with E-state index >= 15 is 0 Å². The molecule has 3 aliphatic rings. The fourth-order valence-corrected chi connectivity index (χ4v) is 5.71. The van der Waals surface area contributed by atoms with Crippen molar-refractivity contribution in [1.29, 1.82) is 0 Å². The van der Waals surface area contributed by atoms with Crippen molar-refractivity contribution in [2.24, 2.45) is 5.41 Å². The van der Waals surface area contributed by atoms with Gasteiger partial charge in [0.1, 0.15) is 0 Å². The number of hydrogen-bond donors (Lipinski definition) is 1. The van der Waals surface area contributed by atoms with E-state index in [1.807, 2.05) is 0 Å². The van der Waals surface area contributed by atoms with Crippen LogP contribution in [0.15, 0.2) is 12.3 Å². The van der Waals surface area contributed by atoms with Gasteiger partial charge in [0.15, 0.2) is 0 Å². The highest BCUT2D eigenvalue weighted by Crippen LogP contribution is 2.46. The van der Waals surface area contributed by atoms with Crippen LogP contribution in [0, 0.1) is 5.41 Å².